The van der Waals surface area contributed by atoms with Gasteiger partial charge in [-0.05, 0) is 30.7 Å². The third-order valence-electron chi connectivity index (χ3n) is 3.70. The van der Waals surface area contributed by atoms with E-state index >= 15 is 0 Å². The quantitative estimate of drug-likeness (QED) is 0.519. The van der Waals surface area contributed by atoms with Crippen molar-refractivity contribution in [3.8, 4) is 0 Å². The average molecular weight is 280 g/mol. The highest BCUT2D eigenvalue weighted by Crippen LogP contribution is 2.48. The van der Waals surface area contributed by atoms with Crippen LogP contribution in [-0.2, 0) is 0 Å². The van der Waals surface area contributed by atoms with Crippen LogP contribution in [0.5, 0.6) is 0 Å². The maximum Gasteiger partial charge on any atom is 0.337 e. The number of nitrogens with one attached hydrogen (secondary N) is 1. The molecule has 1 aliphatic carbocycles. The molecule has 0 atom stereocenters. The minimum Gasteiger partial charge on any atom is -0.478 e. The number of rotatable bonds is 7. The molecule has 108 valence electrons. The molecule has 1 fully saturated rings. The second kappa shape index (κ2) is 5.46. The van der Waals surface area contributed by atoms with E-state index in [-0.39, 0.29) is 29.0 Å². The van der Waals surface area contributed by atoms with E-state index in [1.807, 2.05) is 0 Å². The van der Waals surface area contributed by atoms with Crippen molar-refractivity contribution in [2.45, 2.75) is 19.3 Å². The number of nitrogens with zero attached hydrogens (tertiary/aromatic N) is 1. The number of hydrogen-bond acceptors (Lipinski definition) is 5. The molecule has 20 heavy (non-hydrogen) atoms. The third-order valence-corrected chi connectivity index (χ3v) is 3.70. The number of aliphatic hydroxyl groups is 1. The summed E-state index contributed by atoms with van der Waals surface area (Å²) in [5.74, 6) is -1.13. The fourth-order valence-electron chi connectivity index (χ4n) is 2.19. The number of nitro benzene ring substituents is 1. The van der Waals surface area contributed by atoms with E-state index in [4.69, 9.17) is 10.2 Å². The summed E-state index contributed by atoms with van der Waals surface area (Å²) in [4.78, 5) is 21.3. The van der Waals surface area contributed by atoms with Crippen LogP contribution in [-0.4, -0.2) is 34.3 Å². The number of aromatic carboxylic acids is 1. The largest absolute Gasteiger partial charge is 0.478 e. The van der Waals surface area contributed by atoms with Crippen molar-refractivity contribution in [2.75, 3.05) is 18.5 Å². The number of benzene rings is 1. The summed E-state index contributed by atoms with van der Waals surface area (Å²) in [7, 11) is 0. The molecule has 7 nitrogen and oxygen atoms in total. The molecule has 1 saturated carbocycles. The standard InChI is InChI=1S/C13H16N2O5/c16-6-5-13(3-4-13)8-14-11-7-9(15(19)20)1-2-10(11)12(17)18/h1-2,7,14,16H,3-6,8H2,(H,17,18). The molecule has 1 aromatic carbocycles. The van der Waals surface area contributed by atoms with Crippen molar-refractivity contribution in [2.24, 2.45) is 5.41 Å². The molecule has 1 aromatic rings. The lowest BCUT2D eigenvalue weighted by Gasteiger charge is -2.16. The molecule has 0 radical (unpaired) electrons. The predicted octanol–water partition coefficient (Wildman–Crippen LogP) is 1.87. The summed E-state index contributed by atoms with van der Waals surface area (Å²) < 4.78 is 0. The van der Waals surface area contributed by atoms with E-state index < -0.39 is 10.9 Å². The lowest BCUT2D eigenvalue weighted by Crippen LogP contribution is -2.18. The molecular formula is C13H16N2O5. The minimum absolute atomic E-state index is 0.00482. The van der Waals surface area contributed by atoms with Gasteiger partial charge in [0.05, 0.1) is 16.2 Å². The van der Waals surface area contributed by atoms with Crippen LogP contribution < -0.4 is 5.32 Å². The van der Waals surface area contributed by atoms with E-state index in [0.717, 1.165) is 12.8 Å². The fraction of sp³-hybridized carbons (Fsp3) is 0.462. The summed E-state index contributed by atoms with van der Waals surface area (Å²) in [5.41, 5.74) is 0.102. The van der Waals surface area contributed by atoms with Gasteiger partial charge in [0.25, 0.3) is 5.69 Å². The van der Waals surface area contributed by atoms with Gasteiger partial charge in [-0.3, -0.25) is 10.1 Å². The number of carboxylic acid groups (broad SMARTS) is 1. The first-order chi connectivity index (χ1) is 9.47. The number of carbonyl (C=O) groups is 1. The highest BCUT2D eigenvalue weighted by molar-refractivity contribution is 5.94. The molecule has 0 aliphatic heterocycles. The van der Waals surface area contributed by atoms with E-state index in [0.29, 0.717) is 13.0 Å². The van der Waals surface area contributed by atoms with Gasteiger partial charge < -0.3 is 15.5 Å². The molecule has 3 N–H and O–H groups in total. The van der Waals surface area contributed by atoms with Crippen LogP contribution in [0.3, 0.4) is 0 Å². The van der Waals surface area contributed by atoms with Crippen LogP contribution in [0.1, 0.15) is 29.6 Å². The molecular weight excluding hydrogens is 264 g/mol. The number of hydrogen-bond donors (Lipinski definition) is 3. The number of non-ortho nitro benzene ring substituents is 1. The van der Waals surface area contributed by atoms with E-state index in [1.165, 1.54) is 18.2 Å². The Kier molecular flexibility index (Phi) is 3.89. The maximum atomic E-state index is 11.1. The molecule has 0 unspecified atom stereocenters. The van der Waals surface area contributed by atoms with Crippen molar-refractivity contribution in [3.05, 3.63) is 33.9 Å². The first-order valence-corrected chi connectivity index (χ1v) is 6.34. The van der Waals surface area contributed by atoms with Crippen LogP contribution in [0.2, 0.25) is 0 Å². The van der Waals surface area contributed by atoms with Gasteiger partial charge in [-0.1, -0.05) is 0 Å². The SMILES string of the molecule is O=C(O)c1ccc([N+](=O)[O-])cc1NCC1(CCO)CC1. The monoisotopic (exact) mass is 280 g/mol. The number of anilines is 1. The third kappa shape index (κ3) is 3.05. The average Bonchev–Trinajstić information content (AvgIpc) is 3.16. The van der Waals surface area contributed by atoms with Gasteiger partial charge in [0.1, 0.15) is 0 Å². The van der Waals surface area contributed by atoms with Crippen molar-refractivity contribution in [3.63, 3.8) is 0 Å². The minimum atomic E-state index is -1.13. The number of aliphatic hydroxyl groups excluding tert-OH is 1. The second-order valence-corrected chi connectivity index (χ2v) is 5.12. The summed E-state index contributed by atoms with van der Waals surface area (Å²) in [6.07, 6.45) is 2.59. The van der Waals surface area contributed by atoms with E-state index in [2.05, 4.69) is 5.32 Å². The summed E-state index contributed by atoms with van der Waals surface area (Å²) in [6, 6.07) is 3.64. The maximum absolute atomic E-state index is 11.1. The molecule has 7 heteroatoms. The van der Waals surface area contributed by atoms with Gasteiger partial charge in [0.2, 0.25) is 0 Å². The molecule has 0 spiro atoms. The van der Waals surface area contributed by atoms with Crippen molar-refractivity contribution >= 4 is 17.3 Å². The Balaban J connectivity index is 2.17. The summed E-state index contributed by atoms with van der Waals surface area (Å²) in [5, 5.41) is 31.8. The summed E-state index contributed by atoms with van der Waals surface area (Å²) in [6.45, 7) is 0.595. The normalized spacial score (nSPS) is 15.7. The predicted molar refractivity (Wildman–Crippen MR) is 71.9 cm³/mol. The Morgan fingerprint density at radius 1 is 1.45 bits per heavy atom. The van der Waals surface area contributed by atoms with Crippen molar-refractivity contribution in [1.29, 1.82) is 0 Å². The second-order valence-electron chi connectivity index (χ2n) is 5.12. The number of nitro groups is 1. The van der Waals surface area contributed by atoms with Gasteiger partial charge in [-0.25, -0.2) is 4.79 Å². The van der Waals surface area contributed by atoms with Crippen LogP contribution in [0.15, 0.2) is 18.2 Å². The Bertz CT molecular complexity index is 540. The lowest BCUT2D eigenvalue weighted by atomic mass is 10.0. The molecule has 2 rings (SSSR count). The summed E-state index contributed by atoms with van der Waals surface area (Å²) >= 11 is 0. The van der Waals surface area contributed by atoms with Crippen LogP contribution in [0, 0.1) is 15.5 Å². The first kappa shape index (κ1) is 14.3. The first-order valence-electron chi connectivity index (χ1n) is 6.34. The van der Waals surface area contributed by atoms with Crippen LogP contribution in [0.4, 0.5) is 11.4 Å². The highest BCUT2D eigenvalue weighted by atomic mass is 16.6. The Morgan fingerprint density at radius 3 is 2.65 bits per heavy atom. The molecule has 0 saturated heterocycles. The van der Waals surface area contributed by atoms with Gasteiger partial charge in [-0.2, -0.15) is 0 Å². The van der Waals surface area contributed by atoms with Crippen LogP contribution >= 0.6 is 0 Å². The van der Waals surface area contributed by atoms with Gasteiger partial charge in [0.15, 0.2) is 0 Å². The molecule has 0 aromatic heterocycles. The van der Waals surface area contributed by atoms with Crippen molar-refractivity contribution in [1.82, 2.24) is 0 Å². The lowest BCUT2D eigenvalue weighted by molar-refractivity contribution is -0.384. The van der Waals surface area contributed by atoms with Gasteiger partial charge >= 0.3 is 5.97 Å². The number of carboxylic acids is 1. The molecule has 0 bridgehead atoms. The smallest absolute Gasteiger partial charge is 0.337 e. The van der Waals surface area contributed by atoms with Gasteiger partial charge in [0, 0.05) is 25.3 Å². The van der Waals surface area contributed by atoms with E-state index in [1.54, 1.807) is 0 Å². The fourth-order valence-corrected chi connectivity index (χ4v) is 2.19. The molecule has 0 heterocycles. The Hall–Kier alpha value is -2.15. The van der Waals surface area contributed by atoms with Crippen molar-refractivity contribution < 1.29 is 19.9 Å². The molecule has 1 aliphatic rings. The molecule has 0 amide bonds. The highest BCUT2D eigenvalue weighted by Gasteiger charge is 2.41. The zero-order valence-corrected chi connectivity index (χ0v) is 10.8. The Labute approximate surface area is 115 Å². The zero-order valence-electron chi connectivity index (χ0n) is 10.8. The topological polar surface area (TPSA) is 113 Å². The zero-order chi connectivity index (χ0) is 14.8. The van der Waals surface area contributed by atoms with Gasteiger partial charge in [-0.15, -0.1) is 0 Å². The van der Waals surface area contributed by atoms with E-state index in [9.17, 15) is 14.9 Å². The Morgan fingerprint density at radius 2 is 2.15 bits per heavy atom. The van der Waals surface area contributed by atoms with Crippen LogP contribution in [0.25, 0.3) is 0 Å².